The zero-order valence-electron chi connectivity index (χ0n) is 14.6. The summed E-state index contributed by atoms with van der Waals surface area (Å²) in [7, 11) is 0. The first-order valence-electron chi connectivity index (χ1n) is 8.63. The van der Waals surface area contributed by atoms with Gasteiger partial charge in [-0.3, -0.25) is 9.59 Å². The molecule has 0 fully saturated rings. The Kier molecular flexibility index (Phi) is 7.18. The number of hydrogen-bond acceptors (Lipinski definition) is 3. The van der Waals surface area contributed by atoms with Crippen molar-refractivity contribution in [3.8, 4) is 0 Å². The molecule has 2 amide bonds. The number of carbonyl (C=O) groups is 2. The Morgan fingerprint density at radius 1 is 1.08 bits per heavy atom. The fourth-order valence-corrected chi connectivity index (χ4v) is 3.11. The van der Waals surface area contributed by atoms with Crippen molar-refractivity contribution in [2.75, 3.05) is 18.0 Å². The van der Waals surface area contributed by atoms with Crippen molar-refractivity contribution in [2.45, 2.75) is 25.3 Å². The molecule has 3 rings (SSSR count). The van der Waals surface area contributed by atoms with Crippen molar-refractivity contribution in [3.63, 3.8) is 0 Å². The van der Waals surface area contributed by atoms with Gasteiger partial charge < -0.3 is 16.0 Å². The number of nitrogens with zero attached hydrogens (tertiary/aromatic N) is 1. The molecule has 2 aromatic rings. The number of hydrogen-bond donors (Lipinski definition) is 2. The molecule has 0 saturated carbocycles. The summed E-state index contributed by atoms with van der Waals surface area (Å²) in [4.78, 5) is 26.3. The molecular formula is C20H24ClN3O2. The number of halogens is 1. The Hall–Kier alpha value is -2.37. The van der Waals surface area contributed by atoms with Crippen LogP contribution in [0.4, 0.5) is 5.69 Å². The molecule has 0 spiro atoms. The molecule has 1 aliphatic rings. The van der Waals surface area contributed by atoms with Gasteiger partial charge in [-0.15, -0.1) is 12.4 Å². The molecule has 0 radical (unpaired) electrons. The molecule has 0 aliphatic carbocycles. The molecule has 1 unspecified atom stereocenters. The summed E-state index contributed by atoms with van der Waals surface area (Å²) < 4.78 is 0. The molecule has 26 heavy (non-hydrogen) atoms. The van der Waals surface area contributed by atoms with E-state index in [1.165, 1.54) is 5.56 Å². The van der Waals surface area contributed by atoms with Crippen LogP contribution < -0.4 is 16.0 Å². The first-order valence-corrected chi connectivity index (χ1v) is 8.63. The normalized spacial score (nSPS) is 13.5. The monoisotopic (exact) mass is 373 g/mol. The van der Waals surface area contributed by atoms with E-state index in [1.807, 2.05) is 53.4 Å². The number of amides is 2. The van der Waals surface area contributed by atoms with Gasteiger partial charge in [-0.25, -0.2) is 0 Å². The maximum atomic E-state index is 12.4. The molecule has 2 aromatic carbocycles. The molecular weight excluding hydrogens is 350 g/mol. The highest BCUT2D eigenvalue weighted by Gasteiger charge is 2.23. The first-order chi connectivity index (χ1) is 12.2. The molecule has 6 heteroatoms. The van der Waals surface area contributed by atoms with Crippen LogP contribution in [0, 0.1) is 0 Å². The number of benzene rings is 2. The van der Waals surface area contributed by atoms with Gasteiger partial charge in [0.05, 0.1) is 0 Å². The van der Waals surface area contributed by atoms with Crippen LogP contribution in [0.5, 0.6) is 0 Å². The largest absolute Gasteiger partial charge is 0.354 e. The van der Waals surface area contributed by atoms with Gasteiger partial charge >= 0.3 is 0 Å². The lowest BCUT2D eigenvalue weighted by molar-refractivity contribution is -0.123. The van der Waals surface area contributed by atoms with Crippen LogP contribution in [-0.4, -0.2) is 24.9 Å². The topological polar surface area (TPSA) is 75.4 Å². The third-order valence-corrected chi connectivity index (χ3v) is 4.50. The van der Waals surface area contributed by atoms with E-state index >= 15 is 0 Å². The molecule has 0 saturated heterocycles. The van der Waals surface area contributed by atoms with E-state index in [1.54, 1.807) is 0 Å². The minimum atomic E-state index is -0.678. The maximum Gasteiger partial charge on any atom is 0.241 e. The van der Waals surface area contributed by atoms with Crippen LogP contribution >= 0.6 is 12.4 Å². The number of para-hydroxylation sites is 1. The standard InChI is InChI=1S/C20H23N3O2.ClH/c21-19(16-8-2-1-3-9-16)20(25)22-13-6-11-18(24)23-14-12-15-7-4-5-10-17(15)23;/h1-5,7-10,19H,6,11-14,21H2,(H,22,25);1H. The summed E-state index contributed by atoms with van der Waals surface area (Å²) in [5, 5.41) is 2.81. The first kappa shape index (κ1) is 19.9. The van der Waals surface area contributed by atoms with Crippen LogP contribution in [0.3, 0.4) is 0 Å². The highest BCUT2D eigenvalue weighted by molar-refractivity contribution is 5.95. The number of nitrogens with two attached hydrogens (primary N) is 1. The van der Waals surface area contributed by atoms with Crippen LogP contribution in [0.25, 0.3) is 0 Å². The lowest BCUT2D eigenvalue weighted by Gasteiger charge is -2.17. The summed E-state index contributed by atoms with van der Waals surface area (Å²) in [5.74, 6) is -0.114. The SMILES string of the molecule is Cl.NC(C(=O)NCCCC(=O)N1CCc2ccccc21)c1ccccc1. The lowest BCUT2D eigenvalue weighted by Crippen LogP contribution is -2.35. The molecule has 138 valence electrons. The Morgan fingerprint density at radius 2 is 1.77 bits per heavy atom. The maximum absolute atomic E-state index is 12.4. The van der Waals surface area contributed by atoms with Crippen LogP contribution in [-0.2, 0) is 16.0 Å². The van der Waals surface area contributed by atoms with Gasteiger partial charge in [0, 0.05) is 25.2 Å². The van der Waals surface area contributed by atoms with Crippen LogP contribution in [0.15, 0.2) is 54.6 Å². The lowest BCUT2D eigenvalue weighted by atomic mass is 10.1. The van der Waals surface area contributed by atoms with Crippen LogP contribution in [0.1, 0.15) is 30.0 Å². The van der Waals surface area contributed by atoms with Gasteiger partial charge in [-0.1, -0.05) is 48.5 Å². The van der Waals surface area contributed by atoms with E-state index in [0.29, 0.717) is 19.4 Å². The van der Waals surface area contributed by atoms with Crippen molar-refractivity contribution in [2.24, 2.45) is 5.73 Å². The molecule has 1 atom stereocenters. The van der Waals surface area contributed by atoms with Crippen molar-refractivity contribution in [3.05, 3.63) is 65.7 Å². The zero-order chi connectivity index (χ0) is 17.6. The van der Waals surface area contributed by atoms with Crippen molar-refractivity contribution >= 4 is 29.9 Å². The van der Waals surface area contributed by atoms with Gasteiger partial charge in [-0.2, -0.15) is 0 Å². The number of fused-ring (bicyclic) bond motifs is 1. The second-order valence-electron chi connectivity index (χ2n) is 6.21. The third kappa shape index (κ3) is 4.62. The summed E-state index contributed by atoms with van der Waals surface area (Å²) in [6.07, 6.45) is 1.92. The Labute approximate surface area is 160 Å². The van der Waals surface area contributed by atoms with E-state index in [0.717, 1.165) is 24.2 Å². The van der Waals surface area contributed by atoms with Crippen molar-refractivity contribution in [1.29, 1.82) is 0 Å². The van der Waals surface area contributed by atoms with E-state index in [9.17, 15) is 9.59 Å². The molecule has 1 aliphatic heterocycles. The number of anilines is 1. The third-order valence-electron chi connectivity index (χ3n) is 4.50. The average Bonchev–Trinajstić information content (AvgIpc) is 3.09. The smallest absolute Gasteiger partial charge is 0.241 e. The second kappa shape index (κ2) is 9.36. The number of nitrogens with one attached hydrogen (secondary N) is 1. The summed E-state index contributed by atoms with van der Waals surface area (Å²) in [6.45, 7) is 1.18. The Balaban J connectivity index is 0.00000243. The number of rotatable bonds is 6. The zero-order valence-corrected chi connectivity index (χ0v) is 15.4. The van der Waals surface area contributed by atoms with Crippen molar-refractivity contribution < 1.29 is 9.59 Å². The fraction of sp³-hybridized carbons (Fsp3) is 0.300. The quantitative estimate of drug-likeness (QED) is 0.764. The molecule has 5 nitrogen and oxygen atoms in total. The minimum absolute atomic E-state index is 0. The summed E-state index contributed by atoms with van der Waals surface area (Å²) in [6, 6.07) is 16.6. The van der Waals surface area contributed by atoms with E-state index in [-0.39, 0.29) is 24.2 Å². The summed E-state index contributed by atoms with van der Waals surface area (Å²) in [5.41, 5.74) is 8.96. The van der Waals surface area contributed by atoms with E-state index < -0.39 is 6.04 Å². The molecule has 3 N–H and O–H groups in total. The van der Waals surface area contributed by atoms with E-state index in [2.05, 4.69) is 11.4 Å². The predicted molar refractivity (Wildman–Crippen MR) is 105 cm³/mol. The minimum Gasteiger partial charge on any atom is -0.354 e. The highest BCUT2D eigenvalue weighted by atomic mass is 35.5. The average molecular weight is 374 g/mol. The highest BCUT2D eigenvalue weighted by Crippen LogP contribution is 2.27. The fourth-order valence-electron chi connectivity index (χ4n) is 3.11. The van der Waals surface area contributed by atoms with Crippen molar-refractivity contribution in [1.82, 2.24) is 5.32 Å². The summed E-state index contributed by atoms with van der Waals surface area (Å²) >= 11 is 0. The Bertz CT molecular complexity index is 752. The van der Waals surface area contributed by atoms with Gasteiger partial charge in [0.1, 0.15) is 6.04 Å². The van der Waals surface area contributed by atoms with Gasteiger partial charge in [-0.05, 0) is 30.0 Å². The van der Waals surface area contributed by atoms with Crippen LogP contribution in [0.2, 0.25) is 0 Å². The molecule has 0 bridgehead atoms. The Morgan fingerprint density at radius 3 is 2.54 bits per heavy atom. The second-order valence-corrected chi connectivity index (χ2v) is 6.21. The van der Waals surface area contributed by atoms with Gasteiger partial charge in [0.25, 0.3) is 0 Å². The molecule has 1 heterocycles. The van der Waals surface area contributed by atoms with Gasteiger partial charge in [0.15, 0.2) is 0 Å². The van der Waals surface area contributed by atoms with Gasteiger partial charge in [0.2, 0.25) is 11.8 Å². The predicted octanol–water partition coefficient (Wildman–Crippen LogP) is 2.59. The van der Waals surface area contributed by atoms with E-state index in [4.69, 9.17) is 5.73 Å². The number of carbonyl (C=O) groups excluding carboxylic acids is 2. The molecule has 0 aromatic heterocycles.